The molecule has 28 heavy (non-hydrogen) atoms. The topological polar surface area (TPSA) is 78.5 Å². The van der Waals surface area contributed by atoms with Gasteiger partial charge in [-0.25, -0.2) is 0 Å². The van der Waals surface area contributed by atoms with Gasteiger partial charge in [0.2, 0.25) is 11.8 Å². The van der Waals surface area contributed by atoms with E-state index in [1.54, 1.807) is 6.20 Å². The Morgan fingerprint density at radius 2 is 2.18 bits per heavy atom. The minimum atomic E-state index is -0.641. The van der Waals surface area contributed by atoms with E-state index in [9.17, 15) is 9.59 Å². The number of nitrogens with one attached hydrogen (secondary N) is 1. The molecule has 2 amide bonds. The standard InChI is InChI=1S/C21H24N4O3/c26-19(8-4-5-15-12-22-23-13-15)24-10-9-21-18(24)11-20(27)25(21)17(14-28-21)16-6-2-1-3-7-16/h1-3,6-7,12-13,17-18H,4-5,8-11,14H2,(H,22,23)/t17-,18+,21-/m0/s1. The van der Waals surface area contributed by atoms with E-state index >= 15 is 0 Å². The number of carbonyl (C=O) groups is 2. The van der Waals surface area contributed by atoms with E-state index in [2.05, 4.69) is 10.2 Å². The van der Waals surface area contributed by atoms with Gasteiger partial charge in [0.05, 0.1) is 31.3 Å². The molecule has 1 spiro atoms. The van der Waals surface area contributed by atoms with Gasteiger partial charge < -0.3 is 14.5 Å². The highest BCUT2D eigenvalue weighted by Crippen LogP contribution is 2.51. The van der Waals surface area contributed by atoms with Crippen LogP contribution in [0, 0.1) is 0 Å². The van der Waals surface area contributed by atoms with Crippen molar-refractivity contribution in [3.8, 4) is 0 Å². The highest BCUT2D eigenvalue weighted by atomic mass is 16.5. The number of aryl methyl sites for hydroxylation is 1. The summed E-state index contributed by atoms with van der Waals surface area (Å²) in [4.78, 5) is 29.6. The summed E-state index contributed by atoms with van der Waals surface area (Å²) in [5.74, 6) is 0.207. The zero-order chi connectivity index (χ0) is 19.1. The summed E-state index contributed by atoms with van der Waals surface area (Å²) >= 11 is 0. The summed E-state index contributed by atoms with van der Waals surface area (Å²) < 4.78 is 6.27. The van der Waals surface area contributed by atoms with Crippen molar-refractivity contribution in [1.82, 2.24) is 20.0 Å². The first-order valence-electron chi connectivity index (χ1n) is 9.97. The van der Waals surface area contributed by atoms with Crippen LogP contribution in [-0.4, -0.2) is 56.7 Å². The van der Waals surface area contributed by atoms with Gasteiger partial charge in [0.15, 0.2) is 5.72 Å². The van der Waals surface area contributed by atoms with E-state index in [0.717, 1.165) is 24.0 Å². The van der Waals surface area contributed by atoms with Crippen molar-refractivity contribution in [2.45, 2.75) is 49.9 Å². The van der Waals surface area contributed by atoms with Crippen molar-refractivity contribution in [1.29, 1.82) is 0 Å². The molecular weight excluding hydrogens is 356 g/mol. The second-order valence-corrected chi connectivity index (χ2v) is 7.86. The van der Waals surface area contributed by atoms with E-state index in [4.69, 9.17) is 4.74 Å². The van der Waals surface area contributed by atoms with Crippen molar-refractivity contribution < 1.29 is 14.3 Å². The van der Waals surface area contributed by atoms with Crippen LogP contribution in [0.15, 0.2) is 42.7 Å². The van der Waals surface area contributed by atoms with Crippen molar-refractivity contribution in [3.05, 3.63) is 53.9 Å². The zero-order valence-corrected chi connectivity index (χ0v) is 15.7. The molecule has 3 aliphatic heterocycles. The number of aromatic nitrogens is 2. The Hall–Kier alpha value is -2.67. The number of hydrogen-bond donors (Lipinski definition) is 1. The van der Waals surface area contributed by atoms with Crippen LogP contribution in [0.3, 0.4) is 0 Å². The molecule has 3 saturated heterocycles. The quantitative estimate of drug-likeness (QED) is 0.861. The summed E-state index contributed by atoms with van der Waals surface area (Å²) in [5, 5.41) is 6.73. The summed E-state index contributed by atoms with van der Waals surface area (Å²) in [6.07, 6.45) is 6.78. The molecule has 146 valence electrons. The summed E-state index contributed by atoms with van der Waals surface area (Å²) in [6, 6.07) is 9.81. The molecule has 0 radical (unpaired) electrons. The number of aromatic amines is 1. The molecule has 4 heterocycles. The molecular formula is C21H24N4O3. The Morgan fingerprint density at radius 1 is 1.32 bits per heavy atom. The molecule has 7 heteroatoms. The summed E-state index contributed by atoms with van der Waals surface area (Å²) in [6.45, 7) is 1.15. The van der Waals surface area contributed by atoms with Gasteiger partial charge in [-0.1, -0.05) is 30.3 Å². The molecule has 1 aromatic carbocycles. The lowest BCUT2D eigenvalue weighted by molar-refractivity contribution is -0.141. The molecule has 1 aromatic heterocycles. The SMILES string of the molecule is O=C(CCCc1cn[nH]c1)N1CC[C@@]23OC[C@@H](c4ccccc4)N2C(=O)C[C@@H]13. The van der Waals surface area contributed by atoms with Crippen molar-refractivity contribution in [2.75, 3.05) is 13.2 Å². The molecule has 1 N–H and O–H groups in total. The molecule has 0 aliphatic carbocycles. The summed E-state index contributed by atoms with van der Waals surface area (Å²) in [7, 11) is 0. The number of rotatable bonds is 5. The average Bonchev–Trinajstić information content (AvgIpc) is 3.46. The number of hydrogen-bond acceptors (Lipinski definition) is 4. The van der Waals surface area contributed by atoms with Crippen LogP contribution in [-0.2, 0) is 20.7 Å². The Labute approximate surface area is 163 Å². The molecule has 2 aromatic rings. The van der Waals surface area contributed by atoms with Gasteiger partial charge in [-0.05, 0) is 24.0 Å². The van der Waals surface area contributed by atoms with E-state index in [-0.39, 0.29) is 23.9 Å². The fourth-order valence-corrected chi connectivity index (χ4v) is 5.07. The third kappa shape index (κ3) is 2.64. The van der Waals surface area contributed by atoms with Gasteiger partial charge in [0.25, 0.3) is 0 Å². The largest absolute Gasteiger partial charge is 0.351 e. The highest BCUT2D eigenvalue weighted by Gasteiger charge is 2.65. The molecule has 0 bridgehead atoms. The van der Waals surface area contributed by atoms with Crippen LogP contribution >= 0.6 is 0 Å². The smallest absolute Gasteiger partial charge is 0.227 e. The number of H-pyrrole nitrogens is 1. The van der Waals surface area contributed by atoms with Crippen LogP contribution in [0.1, 0.15) is 42.9 Å². The number of carbonyl (C=O) groups excluding carboxylic acids is 2. The Balaban J connectivity index is 1.29. The van der Waals surface area contributed by atoms with E-state index in [1.165, 1.54) is 0 Å². The van der Waals surface area contributed by atoms with Crippen molar-refractivity contribution in [2.24, 2.45) is 0 Å². The van der Waals surface area contributed by atoms with E-state index < -0.39 is 5.72 Å². The highest BCUT2D eigenvalue weighted by molar-refractivity contribution is 5.85. The van der Waals surface area contributed by atoms with Crippen LogP contribution in [0.25, 0.3) is 0 Å². The minimum Gasteiger partial charge on any atom is -0.351 e. The number of likely N-dealkylation sites (tertiary alicyclic amines) is 1. The average molecular weight is 380 g/mol. The number of amides is 2. The molecule has 0 saturated carbocycles. The van der Waals surface area contributed by atoms with Crippen LogP contribution in [0.2, 0.25) is 0 Å². The maximum Gasteiger partial charge on any atom is 0.227 e. The molecule has 0 unspecified atom stereocenters. The van der Waals surface area contributed by atoms with Gasteiger partial charge in [-0.2, -0.15) is 5.10 Å². The minimum absolute atomic E-state index is 0.0603. The van der Waals surface area contributed by atoms with Crippen molar-refractivity contribution >= 4 is 11.8 Å². The Bertz CT molecular complexity index is 869. The molecule has 7 nitrogen and oxygen atoms in total. The van der Waals surface area contributed by atoms with Gasteiger partial charge in [-0.3, -0.25) is 14.7 Å². The number of nitrogens with zero attached hydrogens (tertiary/aromatic N) is 3. The van der Waals surface area contributed by atoms with Crippen molar-refractivity contribution in [3.63, 3.8) is 0 Å². The van der Waals surface area contributed by atoms with Gasteiger partial charge >= 0.3 is 0 Å². The molecule has 5 rings (SSSR count). The Kier molecular flexibility index (Phi) is 4.19. The van der Waals surface area contributed by atoms with Crippen LogP contribution in [0.5, 0.6) is 0 Å². The number of benzene rings is 1. The monoisotopic (exact) mass is 380 g/mol. The predicted octanol–water partition coefficient (Wildman–Crippen LogP) is 2.03. The first kappa shape index (κ1) is 17.4. The third-order valence-corrected chi connectivity index (χ3v) is 6.37. The second kappa shape index (κ2) is 6.74. The zero-order valence-electron chi connectivity index (χ0n) is 15.7. The van der Waals surface area contributed by atoms with Crippen LogP contribution in [0.4, 0.5) is 0 Å². The maximum absolute atomic E-state index is 12.9. The van der Waals surface area contributed by atoms with Gasteiger partial charge in [0.1, 0.15) is 0 Å². The first-order valence-corrected chi connectivity index (χ1v) is 9.97. The number of ether oxygens (including phenoxy) is 1. The summed E-state index contributed by atoms with van der Waals surface area (Å²) in [5.41, 5.74) is 1.56. The van der Waals surface area contributed by atoms with E-state index in [1.807, 2.05) is 46.3 Å². The molecule has 3 aliphatic rings. The molecule has 3 atom stereocenters. The fraction of sp³-hybridized carbons (Fsp3) is 0.476. The maximum atomic E-state index is 12.9. The third-order valence-electron chi connectivity index (χ3n) is 6.37. The lowest BCUT2D eigenvalue weighted by Crippen LogP contribution is -2.49. The van der Waals surface area contributed by atoms with E-state index in [0.29, 0.717) is 32.4 Å². The van der Waals surface area contributed by atoms with Gasteiger partial charge in [0, 0.05) is 25.6 Å². The van der Waals surface area contributed by atoms with Gasteiger partial charge in [-0.15, -0.1) is 0 Å². The van der Waals surface area contributed by atoms with Crippen LogP contribution < -0.4 is 0 Å². The predicted molar refractivity (Wildman–Crippen MR) is 101 cm³/mol. The lowest BCUT2D eigenvalue weighted by atomic mass is 10.0. The normalized spacial score (nSPS) is 28.6. The Morgan fingerprint density at radius 3 is 2.96 bits per heavy atom. The fourth-order valence-electron chi connectivity index (χ4n) is 5.07. The second-order valence-electron chi connectivity index (χ2n) is 7.86. The lowest BCUT2D eigenvalue weighted by Gasteiger charge is -2.33. The first-order chi connectivity index (χ1) is 13.7. The molecule has 3 fully saturated rings.